The highest BCUT2D eigenvalue weighted by molar-refractivity contribution is 5.90. The zero-order valence-electron chi connectivity index (χ0n) is 11.9. The molecule has 1 aliphatic heterocycles. The van der Waals surface area contributed by atoms with Gasteiger partial charge in [0.05, 0.1) is 24.9 Å². The molecule has 0 bridgehead atoms. The van der Waals surface area contributed by atoms with Crippen molar-refractivity contribution in [1.82, 2.24) is 0 Å². The van der Waals surface area contributed by atoms with Crippen LogP contribution in [0.4, 0.5) is 5.69 Å². The van der Waals surface area contributed by atoms with Crippen molar-refractivity contribution >= 4 is 11.7 Å². The number of rotatable bonds is 3. The molecule has 108 valence electrons. The summed E-state index contributed by atoms with van der Waals surface area (Å²) in [6, 6.07) is 15.8. The molecule has 0 unspecified atom stereocenters. The van der Waals surface area contributed by atoms with Gasteiger partial charge in [-0.1, -0.05) is 30.3 Å². The van der Waals surface area contributed by atoms with Crippen LogP contribution >= 0.6 is 0 Å². The maximum absolute atomic E-state index is 11.6. The highest BCUT2D eigenvalue weighted by Crippen LogP contribution is 2.33. The summed E-state index contributed by atoms with van der Waals surface area (Å²) in [4.78, 5) is 13.8. The number of nitrogens with zero attached hydrogens (tertiary/aromatic N) is 1. The number of fused-ring (bicyclic) bond motifs is 1. The summed E-state index contributed by atoms with van der Waals surface area (Å²) in [5.41, 5.74) is 2.78. The Labute approximate surface area is 123 Å². The molecule has 0 saturated carbocycles. The third-order valence-corrected chi connectivity index (χ3v) is 3.56. The van der Waals surface area contributed by atoms with Crippen LogP contribution in [0.3, 0.4) is 0 Å². The largest absolute Gasteiger partial charge is 0.490 e. The molecule has 3 rings (SSSR count). The van der Waals surface area contributed by atoms with Gasteiger partial charge in [0.15, 0.2) is 0 Å². The van der Waals surface area contributed by atoms with Gasteiger partial charge < -0.3 is 14.4 Å². The molecule has 1 aliphatic rings. The van der Waals surface area contributed by atoms with Crippen LogP contribution in [0.2, 0.25) is 0 Å². The van der Waals surface area contributed by atoms with E-state index in [9.17, 15) is 4.79 Å². The van der Waals surface area contributed by atoms with Gasteiger partial charge in [-0.15, -0.1) is 0 Å². The Morgan fingerprint density at radius 1 is 1.24 bits per heavy atom. The minimum atomic E-state index is -0.346. The summed E-state index contributed by atoms with van der Waals surface area (Å²) in [5, 5.41) is 0. The van der Waals surface area contributed by atoms with Crippen molar-refractivity contribution < 1.29 is 14.3 Å². The van der Waals surface area contributed by atoms with E-state index in [0.717, 1.165) is 24.5 Å². The van der Waals surface area contributed by atoms with E-state index in [-0.39, 0.29) is 5.97 Å². The van der Waals surface area contributed by atoms with E-state index in [1.54, 1.807) is 12.1 Å². The Kier molecular flexibility index (Phi) is 3.77. The minimum Gasteiger partial charge on any atom is -0.490 e. The van der Waals surface area contributed by atoms with Gasteiger partial charge in [0.2, 0.25) is 0 Å². The maximum Gasteiger partial charge on any atom is 0.337 e. The van der Waals surface area contributed by atoms with Gasteiger partial charge in [-0.2, -0.15) is 0 Å². The minimum absolute atomic E-state index is 0.346. The molecule has 0 aromatic heterocycles. The molecule has 0 radical (unpaired) electrons. The van der Waals surface area contributed by atoms with Gasteiger partial charge in [-0.3, -0.25) is 0 Å². The van der Waals surface area contributed by atoms with Crippen molar-refractivity contribution in [3.05, 3.63) is 59.7 Å². The zero-order chi connectivity index (χ0) is 14.7. The summed E-state index contributed by atoms with van der Waals surface area (Å²) in [7, 11) is 1.38. The van der Waals surface area contributed by atoms with Gasteiger partial charge >= 0.3 is 5.97 Å². The van der Waals surface area contributed by atoms with Crippen LogP contribution < -0.4 is 9.64 Å². The normalized spacial score (nSPS) is 13.3. The van der Waals surface area contributed by atoms with Crippen LogP contribution in [-0.2, 0) is 11.3 Å². The Morgan fingerprint density at radius 3 is 2.81 bits per heavy atom. The molecule has 2 aromatic carbocycles. The summed E-state index contributed by atoms with van der Waals surface area (Å²) in [5.74, 6) is 0.390. The molecule has 0 N–H and O–H groups in total. The summed E-state index contributed by atoms with van der Waals surface area (Å²) >= 11 is 0. The molecule has 1 heterocycles. The van der Waals surface area contributed by atoms with E-state index in [1.165, 1.54) is 12.7 Å². The first-order valence-corrected chi connectivity index (χ1v) is 6.92. The van der Waals surface area contributed by atoms with Gasteiger partial charge in [-0.25, -0.2) is 4.79 Å². The third kappa shape index (κ3) is 2.84. The standard InChI is InChI=1S/C17H17NO3/c1-20-17(19)14-7-8-15-16(11-14)21-10-9-18(15)12-13-5-3-2-4-6-13/h2-8,11H,9-10,12H2,1H3. The smallest absolute Gasteiger partial charge is 0.337 e. The van der Waals surface area contributed by atoms with Crippen molar-refractivity contribution in [1.29, 1.82) is 0 Å². The number of methoxy groups -OCH3 is 1. The molecule has 0 saturated heterocycles. The van der Waals surface area contributed by atoms with Crippen LogP contribution in [0.25, 0.3) is 0 Å². The average Bonchev–Trinajstić information content (AvgIpc) is 2.55. The average molecular weight is 283 g/mol. The van der Waals surface area contributed by atoms with E-state index >= 15 is 0 Å². The second-order valence-corrected chi connectivity index (χ2v) is 4.93. The Bertz CT molecular complexity index is 640. The monoisotopic (exact) mass is 283 g/mol. The second kappa shape index (κ2) is 5.87. The molecular formula is C17H17NO3. The van der Waals surface area contributed by atoms with Gasteiger partial charge in [0.1, 0.15) is 12.4 Å². The van der Waals surface area contributed by atoms with Gasteiger partial charge in [-0.05, 0) is 23.8 Å². The number of hydrogen-bond acceptors (Lipinski definition) is 4. The van der Waals surface area contributed by atoms with Crippen molar-refractivity contribution in [2.75, 3.05) is 25.2 Å². The van der Waals surface area contributed by atoms with E-state index in [0.29, 0.717) is 12.2 Å². The number of esters is 1. The van der Waals surface area contributed by atoms with Gasteiger partial charge in [0, 0.05) is 6.54 Å². The molecule has 0 aliphatic carbocycles. The third-order valence-electron chi connectivity index (χ3n) is 3.56. The van der Waals surface area contributed by atoms with E-state index < -0.39 is 0 Å². The van der Waals surface area contributed by atoms with E-state index in [2.05, 4.69) is 17.0 Å². The zero-order valence-corrected chi connectivity index (χ0v) is 11.9. The van der Waals surface area contributed by atoms with E-state index in [4.69, 9.17) is 9.47 Å². The molecule has 21 heavy (non-hydrogen) atoms. The van der Waals surface area contributed by atoms with Crippen molar-refractivity contribution in [3.63, 3.8) is 0 Å². The Morgan fingerprint density at radius 2 is 2.05 bits per heavy atom. The quantitative estimate of drug-likeness (QED) is 0.812. The number of benzene rings is 2. The molecule has 0 fully saturated rings. The number of carbonyl (C=O) groups is 1. The van der Waals surface area contributed by atoms with Crippen molar-refractivity contribution in [2.24, 2.45) is 0 Å². The van der Waals surface area contributed by atoms with Crippen LogP contribution in [-0.4, -0.2) is 26.2 Å². The van der Waals surface area contributed by atoms with Gasteiger partial charge in [0.25, 0.3) is 0 Å². The summed E-state index contributed by atoms with van der Waals surface area (Å²) in [6.45, 7) is 2.28. The number of anilines is 1. The molecule has 0 spiro atoms. The SMILES string of the molecule is COC(=O)c1ccc2c(c1)OCCN2Cc1ccccc1. The van der Waals surface area contributed by atoms with Crippen molar-refractivity contribution in [3.8, 4) is 5.75 Å². The molecule has 4 nitrogen and oxygen atoms in total. The fourth-order valence-corrected chi connectivity index (χ4v) is 2.49. The number of hydrogen-bond donors (Lipinski definition) is 0. The molecular weight excluding hydrogens is 266 g/mol. The van der Waals surface area contributed by atoms with Crippen LogP contribution in [0.1, 0.15) is 15.9 Å². The topological polar surface area (TPSA) is 38.8 Å². The second-order valence-electron chi connectivity index (χ2n) is 4.93. The highest BCUT2D eigenvalue weighted by Gasteiger charge is 2.20. The first kappa shape index (κ1) is 13.5. The first-order valence-electron chi connectivity index (χ1n) is 6.92. The highest BCUT2D eigenvalue weighted by atomic mass is 16.5. The summed E-state index contributed by atoms with van der Waals surface area (Å²) in [6.07, 6.45) is 0. The van der Waals surface area contributed by atoms with Crippen LogP contribution in [0, 0.1) is 0 Å². The first-order chi connectivity index (χ1) is 10.3. The lowest BCUT2D eigenvalue weighted by atomic mass is 10.1. The van der Waals surface area contributed by atoms with E-state index in [1.807, 2.05) is 24.3 Å². The molecule has 0 atom stereocenters. The lowest BCUT2D eigenvalue weighted by molar-refractivity contribution is 0.0600. The fourth-order valence-electron chi connectivity index (χ4n) is 2.49. The predicted octanol–water partition coefficient (Wildman–Crippen LogP) is 2.87. The fraction of sp³-hybridized carbons (Fsp3) is 0.235. The molecule has 2 aromatic rings. The maximum atomic E-state index is 11.6. The lowest BCUT2D eigenvalue weighted by Crippen LogP contribution is -2.32. The summed E-state index contributed by atoms with van der Waals surface area (Å²) < 4.78 is 10.4. The Balaban J connectivity index is 1.86. The number of ether oxygens (including phenoxy) is 2. The number of carbonyl (C=O) groups excluding carboxylic acids is 1. The van der Waals surface area contributed by atoms with Crippen molar-refractivity contribution in [2.45, 2.75) is 6.54 Å². The van der Waals surface area contributed by atoms with Crippen LogP contribution in [0.15, 0.2) is 48.5 Å². The Hall–Kier alpha value is -2.49. The predicted molar refractivity (Wildman–Crippen MR) is 80.8 cm³/mol. The molecule has 0 amide bonds. The lowest BCUT2D eigenvalue weighted by Gasteiger charge is -2.31. The van der Waals surface area contributed by atoms with Crippen LogP contribution in [0.5, 0.6) is 5.75 Å². The molecule has 4 heteroatoms.